The summed E-state index contributed by atoms with van der Waals surface area (Å²) in [5, 5.41) is 8.17. The lowest BCUT2D eigenvalue weighted by Gasteiger charge is -2.61. The molecule has 0 amide bonds. The van der Waals surface area contributed by atoms with Gasteiger partial charge in [-0.2, -0.15) is 0 Å². The van der Waals surface area contributed by atoms with Crippen molar-refractivity contribution in [3.63, 3.8) is 0 Å². The lowest BCUT2D eigenvalue weighted by molar-refractivity contribution is -0.0393. The maximum Gasteiger partial charge on any atom is 0.0278 e. The van der Waals surface area contributed by atoms with Crippen LogP contribution >= 0.6 is 0 Å². The SMILES string of the molecule is c1ccc(-c2cccc(-c3ccc(-c4c5ccccc5c(-c5ccc6c(c5)C5(c7c-6ccc6ccccc76)C6CC7CC(C6)CC5C7)c5ccccc45)cc3)c2)cc1. The first kappa shape index (κ1) is 32.8. The molecule has 5 aliphatic carbocycles. The Balaban J connectivity index is 0.990. The standard InChI is InChI=1S/C58H44/c1-2-11-38(12-3-1)42-14-10-15-43(34-42)39-21-23-41(24-22-39)55-49-17-6-8-19-51(49)56(52-20-9-7-18-50(52)55)44-26-27-48-53-28-25-40-13-4-5-16-47(40)57(53)58(54(48)35-44)45-30-36-29-37(32-45)33-46(58)31-36/h1-28,34-37,45-46H,29-33H2. The van der Waals surface area contributed by atoms with E-state index < -0.39 is 0 Å². The summed E-state index contributed by atoms with van der Waals surface area (Å²) in [7, 11) is 0. The third-order valence-electron chi connectivity index (χ3n) is 15.2. The highest BCUT2D eigenvalue weighted by atomic mass is 14.6. The van der Waals surface area contributed by atoms with Gasteiger partial charge in [-0.05, 0) is 167 Å². The van der Waals surface area contributed by atoms with E-state index in [0.29, 0.717) is 11.8 Å². The van der Waals surface area contributed by atoms with Crippen LogP contribution < -0.4 is 0 Å². The monoisotopic (exact) mass is 740 g/mol. The summed E-state index contributed by atoms with van der Waals surface area (Å²) in [4.78, 5) is 0. The highest BCUT2D eigenvalue weighted by Gasteiger charge is 2.62. The van der Waals surface area contributed by atoms with E-state index in [1.807, 2.05) is 0 Å². The number of hydrogen-bond donors (Lipinski definition) is 0. The van der Waals surface area contributed by atoms with Gasteiger partial charge in [0.2, 0.25) is 0 Å². The summed E-state index contributed by atoms with van der Waals surface area (Å²) < 4.78 is 0. The van der Waals surface area contributed by atoms with Gasteiger partial charge in [0.15, 0.2) is 0 Å². The molecule has 4 fully saturated rings. The molecule has 9 aromatic carbocycles. The minimum atomic E-state index is 0.0862. The van der Waals surface area contributed by atoms with E-state index in [-0.39, 0.29) is 5.41 Å². The predicted octanol–water partition coefficient (Wildman–Crippen LogP) is 15.5. The molecule has 9 aromatic rings. The van der Waals surface area contributed by atoms with E-state index in [1.54, 1.807) is 11.1 Å². The van der Waals surface area contributed by atoms with Gasteiger partial charge in [0.05, 0.1) is 0 Å². The molecule has 0 aliphatic heterocycles. The molecule has 58 heavy (non-hydrogen) atoms. The Hall–Kier alpha value is -6.24. The lowest BCUT2D eigenvalue weighted by Crippen LogP contribution is -2.55. The minimum Gasteiger partial charge on any atom is -0.0622 e. The van der Waals surface area contributed by atoms with Crippen molar-refractivity contribution in [1.82, 2.24) is 0 Å². The number of hydrogen-bond acceptors (Lipinski definition) is 0. The molecule has 0 N–H and O–H groups in total. The Bertz CT molecular complexity index is 3020. The molecule has 0 nitrogen and oxygen atoms in total. The molecule has 0 unspecified atom stereocenters. The molecule has 4 bridgehead atoms. The van der Waals surface area contributed by atoms with Gasteiger partial charge in [-0.25, -0.2) is 0 Å². The highest BCUT2D eigenvalue weighted by molar-refractivity contribution is 6.21. The zero-order valence-corrected chi connectivity index (χ0v) is 32.7. The Morgan fingerprint density at radius 2 is 0.810 bits per heavy atom. The zero-order chi connectivity index (χ0) is 38.0. The van der Waals surface area contributed by atoms with Crippen LogP contribution in [-0.2, 0) is 5.41 Å². The molecule has 0 heterocycles. The second kappa shape index (κ2) is 12.4. The van der Waals surface area contributed by atoms with Crippen molar-refractivity contribution < 1.29 is 0 Å². The van der Waals surface area contributed by atoms with Crippen LogP contribution in [0.4, 0.5) is 0 Å². The molecule has 276 valence electrons. The van der Waals surface area contributed by atoms with Crippen LogP contribution in [0.2, 0.25) is 0 Å². The van der Waals surface area contributed by atoms with E-state index in [0.717, 1.165) is 11.8 Å². The van der Waals surface area contributed by atoms with E-state index in [1.165, 1.54) is 120 Å². The topological polar surface area (TPSA) is 0 Å². The Morgan fingerprint density at radius 1 is 0.328 bits per heavy atom. The molecular weight excluding hydrogens is 697 g/mol. The second-order valence-electron chi connectivity index (χ2n) is 18.0. The molecule has 0 saturated heterocycles. The first-order valence-electron chi connectivity index (χ1n) is 21.6. The fourth-order valence-corrected chi connectivity index (χ4v) is 13.2. The summed E-state index contributed by atoms with van der Waals surface area (Å²) >= 11 is 0. The fourth-order valence-electron chi connectivity index (χ4n) is 13.2. The van der Waals surface area contributed by atoms with Crippen molar-refractivity contribution in [1.29, 1.82) is 0 Å². The van der Waals surface area contributed by atoms with Crippen molar-refractivity contribution in [2.24, 2.45) is 23.7 Å². The Morgan fingerprint density at radius 3 is 1.45 bits per heavy atom. The van der Waals surface area contributed by atoms with Gasteiger partial charge >= 0.3 is 0 Å². The number of rotatable bonds is 4. The normalized spacial score (nSPS) is 22.6. The van der Waals surface area contributed by atoms with E-state index >= 15 is 0 Å². The zero-order valence-electron chi connectivity index (χ0n) is 32.7. The highest BCUT2D eigenvalue weighted by Crippen LogP contribution is 2.70. The van der Waals surface area contributed by atoms with Gasteiger partial charge in [-0.15, -0.1) is 0 Å². The van der Waals surface area contributed by atoms with Crippen LogP contribution in [0.3, 0.4) is 0 Å². The molecule has 4 saturated carbocycles. The molecule has 14 rings (SSSR count). The quantitative estimate of drug-likeness (QED) is 0.158. The first-order chi connectivity index (χ1) is 28.7. The van der Waals surface area contributed by atoms with Crippen molar-refractivity contribution in [2.45, 2.75) is 37.5 Å². The smallest absolute Gasteiger partial charge is 0.0278 e. The molecule has 0 aromatic heterocycles. The van der Waals surface area contributed by atoms with Gasteiger partial charge in [-0.1, -0.05) is 170 Å². The second-order valence-corrected chi connectivity index (χ2v) is 18.0. The van der Waals surface area contributed by atoms with Crippen molar-refractivity contribution in [3.8, 4) is 55.6 Å². The summed E-state index contributed by atoms with van der Waals surface area (Å²) in [5.74, 6) is 3.24. The number of fused-ring (bicyclic) bond motifs is 7. The van der Waals surface area contributed by atoms with Gasteiger partial charge in [0.25, 0.3) is 0 Å². The molecule has 1 spiro atoms. The Kier molecular flexibility index (Phi) is 7.00. The van der Waals surface area contributed by atoms with Gasteiger partial charge in [0, 0.05) is 5.41 Å². The summed E-state index contributed by atoms with van der Waals surface area (Å²) in [5.41, 5.74) is 16.6. The van der Waals surface area contributed by atoms with Crippen molar-refractivity contribution in [3.05, 3.63) is 193 Å². The third kappa shape index (κ3) is 4.58. The Labute approximate surface area is 340 Å². The average Bonchev–Trinajstić information content (AvgIpc) is 3.58. The van der Waals surface area contributed by atoms with Crippen LogP contribution in [0.15, 0.2) is 182 Å². The van der Waals surface area contributed by atoms with Gasteiger partial charge in [0.1, 0.15) is 0 Å². The average molecular weight is 741 g/mol. The van der Waals surface area contributed by atoms with E-state index in [2.05, 4.69) is 182 Å². The van der Waals surface area contributed by atoms with Crippen LogP contribution in [0.1, 0.15) is 43.2 Å². The number of benzene rings is 9. The maximum atomic E-state index is 2.69. The molecule has 0 atom stereocenters. The molecular formula is C58H44. The van der Waals surface area contributed by atoms with Crippen LogP contribution in [0.5, 0.6) is 0 Å². The van der Waals surface area contributed by atoms with E-state index in [4.69, 9.17) is 0 Å². The summed E-state index contributed by atoms with van der Waals surface area (Å²) in [6.45, 7) is 0. The van der Waals surface area contributed by atoms with Gasteiger partial charge in [-0.3, -0.25) is 0 Å². The lowest BCUT2D eigenvalue weighted by atomic mass is 9.43. The molecule has 0 radical (unpaired) electrons. The van der Waals surface area contributed by atoms with Crippen LogP contribution in [0, 0.1) is 23.7 Å². The minimum absolute atomic E-state index is 0.0862. The molecule has 0 heteroatoms. The maximum absolute atomic E-state index is 2.69. The summed E-state index contributed by atoms with van der Waals surface area (Å²) in [6.07, 6.45) is 7.01. The van der Waals surface area contributed by atoms with E-state index in [9.17, 15) is 0 Å². The molecule has 5 aliphatic rings. The van der Waals surface area contributed by atoms with Crippen LogP contribution in [-0.4, -0.2) is 0 Å². The van der Waals surface area contributed by atoms with Crippen LogP contribution in [0.25, 0.3) is 88.0 Å². The third-order valence-corrected chi connectivity index (χ3v) is 15.2. The summed E-state index contributed by atoms with van der Waals surface area (Å²) in [6, 6.07) is 69.1. The predicted molar refractivity (Wildman–Crippen MR) is 244 cm³/mol. The van der Waals surface area contributed by atoms with Crippen molar-refractivity contribution in [2.75, 3.05) is 0 Å². The van der Waals surface area contributed by atoms with Gasteiger partial charge < -0.3 is 0 Å². The fraction of sp³-hybridized carbons (Fsp3) is 0.172. The first-order valence-corrected chi connectivity index (χ1v) is 21.6. The van der Waals surface area contributed by atoms with Crippen molar-refractivity contribution >= 4 is 32.3 Å². The largest absolute Gasteiger partial charge is 0.0622 e.